The number of nitrogens with one attached hydrogen (secondary N) is 2. The van der Waals surface area contributed by atoms with Gasteiger partial charge in [-0.05, 0) is 43.5 Å². The van der Waals surface area contributed by atoms with Crippen LogP contribution in [0.15, 0.2) is 34.9 Å². The molecule has 8 heteroatoms. The van der Waals surface area contributed by atoms with Crippen LogP contribution in [0.2, 0.25) is 5.02 Å². The fraction of sp³-hybridized carbons (Fsp3) is 0.389. The Labute approximate surface area is 157 Å². The van der Waals surface area contributed by atoms with E-state index in [0.717, 1.165) is 6.42 Å². The van der Waals surface area contributed by atoms with Gasteiger partial charge < -0.3 is 20.1 Å². The lowest BCUT2D eigenvalue weighted by atomic mass is 10.1. The molecule has 1 aromatic carbocycles. The molecular formula is C18H23ClN4O3. The third-order valence-electron chi connectivity index (χ3n) is 3.59. The highest BCUT2D eigenvalue weighted by molar-refractivity contribution is 6.30. The molecule has 2 rings (SSSR count). The van der Waals surface area contributed by atoms with Crippen LogP contribution in [0, 0.1) is 12.8 Å². The molecule has 0 radical (unpaired) electrons. The average Bonchev–Trinajstić information content (AvgIpc) is 2.98. The number of urea groups is 1. The Balaban J connectivity index is 2.00. The van der Waals surface area contributed by atoms with Gasteiger partial charge in [0.25, 0.3) is 0 Å². The minimum atomic E-state index is -0.348. The van der Waals surface area contributed by atoms with E-state index < -0.39 is 0 Å². The Bertz CT molecular complexity index is 743. The zero-order chi connectivity index (χ0) is 19.1. The van der Waals surface area contributed by atoms with Crippen molar-refractivity contribution >= 4 is 35.0 Å². The summed E-state index contributed by atoms with van der Waals surface area (Å²) in [5.41, 5.74) is 0.612. The van der Waals surface area contributed by atoms with Crippen molar-refractivity contribution in [2.24, 2.45) is 5.92 Å². The molecule has 0 aliphatic rings. The Morgan fingerprint density at radius 2 is 1.92 bits per heavy atom. The molecule has 0 spiro atoms. The van der Waals surface area contributed by atoms with Crippen LogP contribution in [-0.2, 0) is 4.79 Å². The normalized spacial score (nSPS) is 10.7. The highest BCUT2D eigenvalue weighted by atomic mass is 35.5. The maximum Gasteiger partial charge on any atom is 0.322 e. The number of rotatable bonds is 7. The van der Waals surface area contributed by atoms with Gasteiger partial charge in [-0.25, -0.2) is 4.79 Å². The van der Waals surface area contributed by atoms with Crippen LogP contribution in [0.3, 0.4) is 0 Å². The van der Waals surface area contributed by atoms with Crippen LogP contribution in [0.5, 0.6) is 0 Å². The molecule has 0 unspecified atom stereocenters. The number of amides is 3. The zero-order valence-electron chi connectivity index (χ0n) is 15.1. The van der Waals surface area contributed by atoms with Gasteiger partial charge in [0.2, 0.25) is 5.91 Å². The Morgan fingerprint density at radius 3 is 2.50 bits per heavy atom. The van der Waals surface area contributed by atoms with E-state index in [9.17, 15) is 9.59 Å². The predicted octanol–water partition coefficient (Wildman–Crippen LogP) is 4.16. The van der Waals surface area contributed by atoms with Gasteiger partial charge in [-0.3, -0.25) is 4.79 Å². The maximum absolute atomic E-state index is 12.6. The summed E-state index contributed by atoms with van der Waals surface area (Å²) in [6.45, 7) is 6.23. The molecule has 0 fully saturated rings. The fourth-order valence-electron chi connectivity index (χ4n) is 2.18. The molecule has 26 heavy (non-hydrogen) atoms. The second kappa shape index (κ2) is 9.24. The monoisotopic (exact) mass is 378 g/mol. The average molecular weight is 379 g/mol. The molecule has 0 saturated carbocycles. The first-order chi connectivity index (χ1) is 12.3. The summed E-state index contributed by atoms with van der Waals surface area (Å²) in [5, 5.41) is 9.71. The largest absolute Gasteiger partial charge is 0.360 e. The Kier molecular flexibility index (Phi) is 7.03. The Hall–Kier alpha value is -2.54. The number of aryl methyl sites for hydroxylation is 1. The number of benzene rings is 1. The van der Waals surface area contributed by atoms with E-state index >= 15 is 0 Å². The minimum Gasteiger partial charge on any atom is -0.360 e. The van der Waals surface area contributed by atoms with Gasteiger partial charge in [0.05, 0.1) is 0 Å². The quantitative estimate of drug-likeness (QED) is 0.757. The van der Waals surface area contributed by atoms with E-state index in [4.69, 9.17) is 16.1 Å². The van der Waals surface area contributed by atoms with Crippen LogP contribution in [0.25, 0.3) is 0 Å². The number of carbonyl (C=O) groups excluding carboxylic acids is 2. The van der Waals surface area contributed by atoms with Gasteiger partial charge >= 0.3 is 6.03 Å². The van der Waals surface area contributed by atoms with E-state index in [0.29, 0.717) is 34.8 Å². The van der Waals surface area contributed by atoms with Crippen molar-refractivity contribution in [3.8, 4) is 0 Å². The molecule has 0 aliphatic heterocycles. The molecule has 0 saturated heterocycles. The molecule has 2 aromatic rings. The molecule has 140 valence electrons. The van der Waals surface area contributed by atoms with Crippen molar-refractivity contribution in [3.05, 3.63) is 41.1 Å². The van der Waals surface area contributed by atoms with Gasteiger partial charge in [0.1, 0.15) is 12.3 Å². The van der Waals surface area contributed by atoms with E-state index in [1.807, 2.05) is 0 Å². The Morgan fingerprint density at radius 1 is 1.23 bits per heavy atom. The highest BCUT2D eigenvalue weighted by Crippen LogP contribution is 2.14. The van der Waals surface area contributed by atoms with Crippen molar-refractivity contribution in [2.45, 2.75) is 27.2 Å². The van der Waals surface area contributed by atoms with E-state index in [-0.39, 0.29) is 18.5 Å². The summed E-state index contributed by atoms with van der Waals surface area (Å²) in [7, 11) is 0. The molecule has 0 atom stereocenters. The summed E-state index contributed by atoms with van der Waals surface area (Å²) in [5.74, 6) is 0.988. The molecule has 0 bridgehead atoms. The van der Waals surface area contributed by atoms with Gasteiger partial charge in [-0.1, -0.05) is 30.6 Å². The lowest BCUT2D eigenvalue weighted by Crippen LogP contribution is -2.41. The van der Waals surface area contributed by atoms with Crippen molar-refractivity contribution in [3.63, 3.8) is 0 Å². The molecule has 0 aliphatic carbocycles. The molecular weight excluding hydrogens is 356 g/mol. The minimum absolute atomic E-state index is 0.0853. The molecule has 1 aromatic heterocycles. The number of aromatic nitrogens is 1. The summed E-state index contributed by atoms with van der Waals surface area (Å²) < 4.78 is 4.92. The van der Waals surface area contributed by atoms with E-state index in [2.05, 4.69) is 29.6 Å². The van der Waals surface area contributed by atoms with Crippen LogP contribution < -0.4 is 10.6 Å². The van der Waals surface area contributed by atoms with Crippen LogP contribution in [0.4, 0.5) is 16.3 Å². The third-order valence-corrected chi connectivity index (χ3v) is 3.84. The van der Waals surface area contributed by atoms with E-state index in [1.54, 1.807) is 37.3 Å². The van der Waals surface area contributed by atoms with Crippen LogP contribution in [-0.4, -0.2) is 35.1 Å². The summed E-state index contributed by atoms with van der Waals surface area (Å²) in [6, 6.07) is 8.06. The summed E-state index contributed by atoms with van der Waals surface area (Å²) >= 11 is 5.85. The smallest absolute Gasteiger partial charge is 0.322 e. The number of carbonyl (C=O) groups is 2. The molecule has 3 amide bonds. The van der Waals surface area contributed by atoms with Gasteiger partial charge in [0.15, 0.2) is 5.82 Å². The summed E-state index contributed by atoms with van der Waals surface area (Å²) in [4.78, 5) is 26.3. The number of hydrogen-bond donors (Lipinski definition) is 2. The SMILES string of the molecule is Cc1cc(NC(=O)CN(CCC(C)C)C(=O)Nc2ccc(Cl)cc2)no1. The van der Waals surface area contributed by atoms with Crippen molar-refractivity contribution in [1.29, 1.82) is 0 Å². The van der Waals surface area contributed by atoms with Crippen molar-refractivity contribution in [1.82, 2.24) is 10.1 Å². The maximum atomic E-state index is 12.6. The first-order valence-corrected chi connectivity index (χ1v) is 8.76. The molecule has 2 N–H and O–H groups in total. The number of halogens is 1. The highest BCUT2D eigenvalue weighted by Gasteiger charge is 2.18. The molecule has 7 nitrogen and oxygen atoms in total. The van der Waals surface area contributed by atoms with Crippen LogP contribution >= 0.6 is 11.6 Å². The predicted molar refractivity (Wildman–Crippen MR) is 101 cm³/mol. The second-order valence-corrected chi connectivity index (χ2v) is 6.85. The lowest BCUT2D eigenvalue weighted by Gasteiger charge is -2.23. The van der Waals surface area contributed by atoms with Crippen molar-refractivity contribution < 1.29 is 14.1 Å². The van der Waals surface area contributed by atoms with Gasteiger partial charge in [-0.2, -0.15) is 0 Å². The lowest BCUT2D eigenvalue weighted by molar-refractivity contribution is -0.116. The molecule has 1 heterocycles. The first-order valence-electron chi connectivity index (χ1n) is 8.38. The first kappa shape index (κ1) is 19.8. The van der Waals surface area contributed by atoms with Gasteiger partial charge in [-0.15, -0.1) is 0 Å². The summed E-state index contributed by atoms with van der Waals surface area (Å²) in [6.07, 6.45) is 0.782. The number of nitrogens with zero attached hydrogens (tertiary/aromatic N) is 2. The van der Waals surface area contributed by atoms with Gasteiger partial charge in [0, 0.05) is 23.3 Å². The standard InChI is InChI=1S/C18H23ClN4O3/c1-12(2)8-9-23(11-17(24)21-16-10-13(3)26-22-16)18(25)20-15-6-4-14(19)5-7-15/h4-7,10,12H,8-9,11H2,1-3H3,(H,20,25)(H,21,22,24). The second-order valence-electron chi connectivity index (χ2n) is 6.41. The topological polar surface area (TPSA) is 87.5 Å². The van der Waals surface area contributed by atoms with E-state index in [1.165, 1.54) is 4.90 Å². The number of anilines is 2. The zero-order valence-corrected chi connectivity index (χ0v) is 15.8. The van der Waals surface area contributed by atoms with Crippen molar-refractivity contribution in [2.75, 3.05) is 23.7 Å². The third kappa shape index (κ3) is 6.40. The van der Waals surface area contributed by atoms with Crippen LogP contribution in [0.1, 0.15) is 26.0 Å². The number of hydrogen-bond acceptors (Lipinski definition) is 4. The fourth-order valence-corrected chi connectivity index (χ4v) is 2.31.